The maximum absolute atomic E-state index is 13.0. The fourth-order valence-corrected chi connectivity index (χ4v) is 1.98. The molecule has 0 spiro atoms. The lowest BCUT2D eigenvalue weighted by atomic mass is 10.2. The standard InChI is InChI=1S/C14H13ClFNO3/c1-19-13-4-9(7-18)3-12(15)14(13)20-8-10-2-11(16)6-17-5-10/h2-6,18H,7-8H2,1H3. The highest BCUT2D eigenvalue weighted by molar-refractivity contribution is 6.32. The van der Waals surface area contributed by atoms with E-state index in [1.165, 1.54) is 19.4 Å². The SMILES string of the molecule is COc1cc(CO)cc(Cl)c1OCc1cncc(F)c1. The molecule has 2 aromatic rings. The lowest BCUT2D eigenvalue weighted by molar-refractivity contribution is 0.274. The van der Waals surface area contributed by atoms with E-state index in [2.05, 4.69) is 4.98 Å². The molecule has 6 heteroatoms. The predicted octanol–water partition coefficient (Wildman–Crippen LogP) is 2.95. The Hall–Kier alpha value is -1.85. The summed E-state index contributed by atoms with van der Waals surface area (Å²) in [5.74, 6) is 0.321. The highest BCUT2D eigenvalue weighted by Crippen LogP contribution is 2.36. The molecule has 0 saturated carbocycles. The Labute approximate surface area is 120 Å². The van der Waals surface area contributed by atoms with E-state index in [1.807, 2.05) is 0 Å². The second-order valence-corrected chi connectivity index (χ2v) is 4.47. The molecule has 0 radical (unpaired) electrons. The Morgan fingerprint density at radius 2 is 2.05 bits per heavy atom. The van der Waals surface area contributed by atoms with Crippen molar-refractivity contribution in [1.29, 1.82) is 0 Å². The number of rotatable bonds is 5. The Morgan fingerprint density at radius 1 is 1.25 bits per heavy atom. The molecular weight excluding hydrogens is 285 g/mol. The van der Waals surface area contributed by atoms with Gasteiger partial charge in [0.25, 0.3) is 0 Å². The minimum Gasteiger partial charge on any atom is -0.493 e. The fraction of sp³-hybridized carbons (Fsp3) is 0.214. The fourth-order valence-electron chi connectivity index (χ4n) is 1.69. The van der Waals surface area contributed by atoms with Crippen molar-refractivity contribution in [3.63, 3.8) is 0 Å². The number of benzene rings is 1. The summed E-state index contributed by atoms with van der Waals surface area (Å²) in [6.07, 6.45) is 2.62. The highest BCUT2D eigenvalue weighted by Gasteiger charge is 2.12. The van der Waals surface area contributed by atoms with Crippen LogP contribution in [0.2, 0.25) is 5.02 Å². The third-order valence-corrected chi connectivity index (χ3v) is 2.90. The highest BCUT2D eigenvalue weighted by atomic mass is 35.5. The molecular formula is C14H13ClFNO3. The number of hydrogen-bond donors (Lipinski definition) is 1. The zero-order valence-electron chi connectivity index (χ0n) is 10.8. The molecule has 0 atom stereocenters. The first kappa shape index (κ1) is 14.6. The van der Waals surface area contributed by atoms with E-state index in [4.69, 9.17) is 26.2 Å². The number of aromatic nitrogens is 1. The van der Waals surface area contributed by atoms with Gasteiger partial charge in [-0.05, 0) is 23.8 Å². The Balaban J connectivity index is 2.20. The van der Waals surface area contributed by atoms with Crippen LogP contribution in [-0.2, 0) is 13.2 Å². The molecule has 2 rings (SSSR count). The number of aliphatic hydroxyl groups excluding tert-OH is 1. The minimum atomic E-state index is -0.431. The zero-order chi connectivity index (χ0) is 14.5. The Bertz CT molecular complexity index is 607. The molecule has 4 nitrogen and oxygen atoms in total. The molecule has 0 unspecified atom stereocenters. The molecule has 0 bridgehead atoms. The Kier molecular flexibility index (Phi) is 4.76. The number of pyridine rings is 1. The monoisotopic (exact) mass is 297 g/mol. The molecule has 1 heterocycles. The zero-order valence-corrected chi connectivity index (χ0v) is 11.5. The van der Waals surface area contributed by atoms with E-state index < -0.39 is 5.82 Å². The summed E-state index contributed by atoms with van der Waals surface area (Å²) in [5.41, 5.74) is 1.20. The molecule has 0 aliphatic heterocycles. The summed E-state index contributed by atoms with van der Waals surface area (Å²) >= 11 is 6.08. The van der Waals surface area contributed by atoms with Crippen LogP contribution in [0.25, 0.3) is 0 Å². The van der Waals surface area contributed by atoms with Crippen LogP contribution in [0.3, 0.4) is 0 Å². The number of methoxy groups -OCH3 is 1. The number of ether oxygens (including phenoxy) is 2. The molecule has 0 amide bonds. The molecule has 0 fully saturated rings. The van der Waals surface area contributed by atoms with Gasteiger partial charge in [-0.2, -0.15) is 0 Å². The predicted molar refractivity (Wildman–Crippen MR) is 72.5 cm³/mol. The van der Waals surface area contributed by atoms with Gasteiger partial charge in [0.2, 0.25) is 0 Å². The first-order valence-electron chi connectivity index (χ1n) is 5.83. The van der Waals surface area contributed by atoms with Gasteiger partial charge in [0.1, 0.15) is 12.4 Å². The van der Waals surface area contributed by atoms with Crippen molar-refractivity contribution >= 4 is 11.6 Å². The van der Waals surface area contributed by atoms with E-state index in [1.54, 1.807) is 12.1 Å². The second-order valence-electron chi connectivity index (χ2n) is 4.07. The van der Waals surface area contributed by atoms with Crippen molar-refractivity contribution in [3.8, 4) is 11.5 Å². The van der Waals surface area contributed by atoms with Gasteiger partial charge in [-0.15, -0.1) is 0 Å². The molecule has 20 heavy (non-hydrogen) atoms. The molecule has 1 N–H and O–H groups in total. The van der Waals surface area contributed by atoms with Crippen molar-refractivity contribution in [2.45, 2.75) is 13.2 Å². The van der Waals surface area contributed by atoms with Crippen LogP contribution in [0.15, 0.2) is 30.6 Å². The second kappa shape index (κ2) is 6.54. The van der Waals surface area contributed by atoms with Gasteiger partial charge in [-0.1, -0.05) is 11.6 Å². The topological polar surface area (TPSA) is 51.6 Å². The van der Waals surface area contributed by atoms with Crippen LogP contribution in [0.1, 0.15) is 11.1 Å². The van der Waals surface area contributed by atoms with E-state index in [0.717, 1.165) is 6.20 Å². The summed E-state index contributed by atoms with van der Waals surface area (Å²) in [6, 6.07) is 4.55. The van der Waals surface area contributed by atoms with Crippen molar-refractivity contribution in [2.75, 3.05) is 7.11 Å². The van der Waals surface area contributed by atoms with Gasteiger partial charge >= 0.3 is 0 Å². The van der Waals surface area contributed by atoms with Crippen LogP contribution in [-0.4, -0.2) is 17.2 Å². The first-order chi connectivity index (χ1) is 9.63. The van der Waals surface area contributed by atoms with Crippen LogP contribution >= 0.6 is 11.6 Å². The van der Waals surface area contributed by atoms with Crippen LogP contribution in [0.5, 0.6) is 11.5 Å². The van der Waals surface area contributed by atoms with Crippen molar-refractivity contribution in [3.05, 3.63) is 52.6 Å². The van der Waals surface area contributed by atoms with Crippen LogP contribution in [0, 0.1) is 5.82 Å². The minimum absolute atomic E-state index is 0.110. The van der Waals surface area contributed by atoms with Gasteiger partial charge in [0.15, 0.2) is 11.5 Å². The van der Waals surface area contributed by atoms with Gasteiger partial charge in [0, 0.05) is 11.8 Å². The molecule has 1 aromatic carbocycles. The van der Waals surface area contributed by atoms with Gasteiger partial charge in [0.05, 0.1) is 24.9 Å². The lowest BCUT2D eigenvalue weighted by Crippen LogP contribution is -2.00. The van der Waals surface area contributed by atoms with E-state index >= 15 is 0 Å². The first-order valence-corrected chi connectivity index (χ1v) is 6.21. The van der Waals surface area contributed by atoms with Crippen molar-refractivity contribution < 1.29 is 19.0 Å². The van der Waals surface area contributed by atoms with Gasteiger partial charge in [-0.25, -0.2) is 4.39 Å². The summed E-state index contributed by atoms with van der Waals surface area (Å²) in [7, 11) is 1.48. The Morgan fingerprint density at radius 3 is 2.70 bits per heavy atom. The molecule has 106 valence electrons. The van der Waals surface area contributed by atoms with E-state index in [9.17, 15) is 4.39 Å². The van der Waals surface area contributed by atoms with Crippen LogP contribution < -0.4 is 9.47 Å². The summed E-state index contributed by atoms with van der Waals surface area (Å²) in [5, 5.41) is 9.42. The summed E-state index contributed by atoms with van der Waals surface area (Å²) < 4.78 is 23.7. The third kappa shape index (κ3) is 3.37. The smallest absolute Gasteiger partial charge is 0.180 e. The summed E-state index contributed by atoms with van der Waals surface area (Å²) in [6.45, 7) is -0.0382. The lowest BCUT2D eigenvalue weighted by Gasteiger charge is -2.13. The number of halogens is 2. The third-order valence-electron chi connectivity index (χ3n) is 2.62. The van der Waals surface area contributed by atoms with E-state index in [-0.39, 0.29) is 13.2 Å². The number of aliphatic hydroxyl groups is 1. The quantitative estimate of drug-likeness (QED) is 0.922. The average molecular weight is 298 g/mol. The molecule has 1 aromatic heterocycles. The average Bonchev–Trinajstić information content (AvgIpc) is 2.45. The number of hydrogen-bond acceptors (Lipinski definition) is 4. The molecule has 0 saturated heterocycles. The maximum Gasteiger partial charge on any atom is 0.180 e. The maximum atomic E-state index is 13.0. The van der Waals surface area contributed by atoms with Crippen molar-refractivity contribution in [1.82, 2.24) is 4.98 Å². The molecule has 0 aliphatic carbocycles. The molecule has 0 aliphatic rings. The van der Waals surface area contributed by atoms with Crippen molar-refractivity contribution in [2.24, 2.45) is 0 Å². The van der Waals surface area contributed by atoms with Crippen LogP contribution in [0.4, 0.5) is 4.39 Å². The number of nitrogens with zero attached hydrogens (tertiary/aromatic N) is 1. The van der Waals surface area contributed by atoms with Gasteiger partial charge in [-0.3, -0.25) is 4.98 Å². The van der Waals surface area contributed by atoms with E-state index in [0.29, 0.717) is 27.6 Å². The largest absolute Gasteiger partial charge is 0.493 e. The van der Waals surface area contributed by atoms with Gasteiger partial charge < -0.3 is 14.6 Å². The summed E-state index contributed by atoms with van der Waals surface area (Å²) in [4.78, 5) is 3.74. The normalized spacial score (nSPS) is 10.4.